The first-order valence-corrected chi connectivity index (χ1v) is 7.53. The third-order valence-corrected chi connectivity index (χ3v) is 4.08. The highest BCUT2D eigenvalue weighted by atomic mass is 32.1. The van der Waals surface area contributed by atoms with Crippen molar-refractivity contribution in [1.82, 2.24) is 4.98 Å². The number of hydrogen-bond acceptors (Lipinski definition) is 4. The molecule has 0 aliphatic carbocycles. The van der Waals surface area contributed by atoms with E-state index in [1.807, 2.05) is 24.3 Å². The van der Waals surface area contributed by atoms with E-state index in [2.05, 4.69) is 24.2 Å². The Morgan fingerprint density at radius 1 is 1.32 bits per heavy atom. The molecule has 1 aromatic heterocycles. The van der Waals surface area contributed by atoms with Gasteiger partial charge in [-0.1, -0.05) is 32.0 Å². The van der Waals surface area contributed by atoms with E-state index in [-0.39, 0.29) is 6.04 Å². The van der Waals surface area contributed by atoms with E-state index in [0.717, 1.165) is 34.9 Å². The van der Waals surface area contributed by atoms with E-state index in [0.29, 0.717) is 6.61 Å². The molecule has 0 saturated heterocycles. The Balaban J connectivity index is 2.06. The van der Waals surface area contributed by atoms with Crippen molar-refractivity contribution in [2.45, 2.75) is 39.3 Å². The van der Waals surface area contributed by atoms with Crippen LogP contribution in [0.2, 0.25) is 0 Å². The normalized spacial score (nSPS) is 12.4. The van der Waals surface area contributed by atoms with Crippen LogP contribution < -0.4 is 10.5 Å². The van der Waals surface area contributed by atoms with Crippen LogP contribution in [0.5, 0.6) is 5.75 Å². The van der Waals surface area contributed by atoms with Gasteiger partial charge in [0.1, 0.15) is 12.4 Å². The second kappa shape index (κ2) is 6.68. The second-order valence-electron chi connectivity index (χ2n) is 4.43. The molecule has 0 radical (unpaired) electrons. The first kappa shape index (κ1) is 14.0. The van der Waals surface area contributed by atoms with Crippen LogP contribution in [0.4, 0.5) is 0 Å². The fraction of sp³-hybridized carbons (Fsp3) is 0.400. The quantitative estimate of drug-likeness (QED) is 0.875. The van der Waals surface area contributed by atoms with Crippen LogP contribution in [0.15, 0.2) is 29.6 Å². The predicted octanol–water partition coefficient (Wildman–Crippen LogP) is 3.69. The lowest BCUT2D eigenvalue weighted by Gasteiger charge is -2.15. The van der Waals surface area contributed by atoms with Crippen LogP contribution in [0, 0.1) is 0 Å². The van der Waals surface area contributed by atoms with Crippen molar-refractivity contribution in [1.29, 1.82) is 0 Å². The van der Waals surface area contributed by atoms with Crippen LogP contribution in [-0.4, -0.2) is 4.98 Å². The monoisotopic (exact) mass is 276 g/mol. The van der Waals surface area contributed by atoms with Gasteiger partial charge in [-0.3, -0.25) is 0 Å². The third kappa shape index (κ3) is 3.55. The minimum atomic E-state index is 0.0258. The average molecular weight is 276 g/mol. The molecule has 102 valence electrons. The first-order valence-electron chi connectivity index (χ1n) is 6.65. The standard InChI is InChI=1S/C15H20N2OS/c1-3-13(16)12-7-5-6-8-14(12)18-9-11-10-19-15(4-2)17-11/h5-8,10,13H,3-4,9,16H2,1-2H3/t13-/m0/s1. The zero-order chi connectivity index (χ0) is 13.7. The summed E-state index contributed by atoms with van der Waals surface area (Å²) in [7, 11) is 0. The van der Waals surface area contributed by atoms with Crippen molar-refractivity contribution in [3.8, 4) is 5.75 Å². The summed E-state index contributed by atoms with van der Waals surface area (Å²) in [6, 6.07) is 7.99. The molecule has 0 fully saturated rings. The molecule has 1 heterocycles. The zero-order valence-corrected chi connectivity index (χ0v) is 12.2. The number of ether oxygens (including phenoxy) is 1. The van der Waals surface area contributed by atoms with Crippen LogP contribution in [0.1, 0.15) is 42.6 Å². The highest BCUT2D eigenvalue weighted by Crippen LogP contribution is 2.26. The molecule has 2 aromatic rings. The molecule has 0 unspecified atom stereocenters. The number of rotatable bonds is 6. The number of hydrogen-bond donors (Lipinski definition) is 1. The Morgan fingerprint density at radius 2 is 2.11 bits per heavy atom. The summed E-state index contributed by atoms with van der Waals surface area (Å²) in [5, 5.41) is 3.21. The molecule has 0 aliphatic rings. The van der Waals surface area contributed by atoms with Gasteiger partial charge in [0.25, 0.3) is 0 Å². The minimum Gasteiger partial charge on any atom is -0.487 e. The van der Waals surface area contributed by atoms with Gasteiger partial charge < -0.3 is 10.5 Å². The molecule has 2 rings (SSSR count). The number of nitrogens with zero attached hydrogens (tertiary/aromatic N) is 1. The van der Waals surface area contributed by atoms with Crippen molar-refractivity contribution < 1.29 is 4.74 Å². The number of nitrogens with two attached hydrogens (primary N) is 1. The van der Waals surface area contributed by atoms with Crippen molar-refractivity contribution in [2.24, 2.45) is 5.73 Å². The average Bonchev–Trinajstić information content (AvgIpc) is 2.92. The van der Waals surface area contributed by atoms with Gasteiger partial charge in [0, 0.05) is 17.0 Å². The van der Waals surface area contributed by atoms with Crippen LogP contribution >= 0.6 is 11.3 Å². The summed E-state index contributed by atoms with van der Waals surface area (Å²) in [4.78, 5) is 4.50. The SMILES string of the molecule is CCc1nc(COc2ccccc2[C@@H](N)CC)cs1. The highest BCUT2D eigenvalue weighted by molar-refractivity contribution is 7.09. The number of aromatic nitrogens is 1. The van der Waals surface area contributed by atoms with Gasteiger partial charge in [-0.2, -0.15) is 0 Å². The van der Waals surface area contributed by atoms with E-state index >= 15 is 0 Å². The maximum absolute atomic E-state index is 6.10. The van der Waals surface area contributed by atoms with E-state index in [9.17, 15) is 0 Å². The van der Waals surface area contributed by atoms with Crippen molar-refractivity contribution >= 4 is 11.3 Å². The molecule has 0 bridgehead atoms. The first-order chi connectivity index (χ1) is 9.24. The summed E-state index contributed by atoms with van der Waals surface area (Å²) in [6.45, 7) is 4.69. The fourth-order valence-electron chi connectivity index (χ4n) is 1.87. The Bertz CT molecular complexity index is 524. The summed E-state index contributed by atoms with van der Waals surface area (Å²) in [5.41, 5.74) is 8.15. The Kier molecular flexibility index (Phi) is 4.93. The van der Waals surface area contributed by atoms with Crippen molar-refractivity contribution in [3.05, 3.63) is 45.9 Å². The lowest BCUT2D eigenvalue weighted by molar-refractivity contribution is 0.296. The van der Waals surface area contributed by atoms with Gasteiger partial charge >= 0.3 is 0 Å². The maximum Gasteiger partial charge on any atom is 0.131 e. The lowest BCUT2D eigenvalue weighted by Crippen LogP contribution is -2.10. The van der Waals surface area contributed by atoms with E-state index in [1.54, 1.807) is 11.3 Å². The number of aryl methyl sites for hydroxylation is 1. The van der Waals surface area contributed by atoms with Gasteiger partial charge in [-0.05, 0) is 18.9 Å². The van der Waals surface area contributed by atoms with Gasteiger partial charge in [-0.25, -0.2) is 4.98 Å². The molecule has 2 N–H and O–H groups in total. The third-order valence-electron chi connectivity index (χ3n) is 3.04. The van der Waals surface area contributed by atoms with Crippen LogP contribution in [-0.2, 0) is 13.0 Å². The number of thiazole rings is 1. The van der Waals surface area contributed by atoms with Gasteiger partial charge in [-0.15, -0.1) is 11.3 Å². The second-order valence-corrected chi connectivity index (χ2v) is 5.37. The molecular weight excluding hydrogens is 256 g/mol. The number of para-hydroxylation sites is 1. The van der Waals surface area contributed by atoms with E-state index in [1.165, 1.54) is 0 Å². The predicted molar refractivity (Wildman–Crippen MR) is 79.5 cm³/mol. The fourth-order valence-corrected chi connectivity index (χ4v) is 2.60. The lowest BCUT2D eigenvalue weighted by atomic mass is 10.0. The summed E-state index contributed by atoms with van der Waals surface area (Å²) in [5.74, 6) is 0.864. The van der Waals surface area contributed by atoms with Crippen LogP contribution in [0.3, 0.4) is 0 Å². The number of benzene rings is 1. The molecule has 4 heteroatoms. The molecule has 0 spiro atoms. The van der Waals surface area contributed by atoms with Crippen LogP contribution in [0.25, 0.3) is 0 Å². The molecule has 1 aromatic carbocycles. The molecular formula is C15H20N2OS. The molecule has 1 atom stereocenters. The Hall–Kier alpha value is -1.39. The zero-order valence-electron chi connectivity index (χ0n) is 11.4. The highest BCUT2D eigenvalue weighted by Gasteiger charge is 2.10. The Morgan fingerprint density at radius 3 is 2.79 bits per heavy atom. The van der Waals surface area contributed by atoms with Gasteiger partial charge in [0.2, 0.25) is 0 Å². The van der Waals surface area contributed by atoms with Gasteiger partial charge in [0.05, 0.1) is 10.7 Å². The van der Waals surface area contributed by atoms with Crippen molar-refractivity contribution in [2.75, 3.05) is 0 Å². The van der Waals surface area contributed by atoms with E-state index < -0.39 is 0 Å². The molecule has 19 heavy (non-hydrogen) atoms. The van der Waals surface area contributed by atoms with Crippen molar-refractivity contribution in [3.63, 3.8) is 0 Å². The summed E-state index contributed by atoms with van der Waals surface area (Å²) in [6.07, 6.45) is 1.87. The summed E-state index contributed by atoms with van der Waals surface area (Å²) < 4.78 is 5.87. The van der Waals surface area contributed by atoms with E-state index in [4.69, 9.17) is 10.5 Å². The Labute approximate surface area is 118 Å². The molecule has 0 amide bonds. The molecule has 0 aliphatic heterocycles. The smallest absolute Gasteiger partial charge is 0.131 e. The minimum absolute atomic E-state index is 0.0258. The molecule has 3 nitrogen and oxygen atoms in total. The molecule has 0 saturated carbocycles. The maximum atomic E-state index is 6.10. The summed E-state index contributed by atoms with van der Waals surface area (Å²) >= 11 is 1.68. The largest absolute Gasteiger partial charge is 0.487 e. The topological polar surface area (TPSA) is 48.1 Å². The van der Waals surface area contributed by atoms with Gasteiger partial charge in [0.15, 0.2) is 0 Å².